The Morgan fingerprint density at radius 3 is 2.30 bits per heavy atom. The van der Waals surface area contributed by atoms with Crippen molar-refractivity contribution >= 4 is 15.9 Å². The monoisotopic (exact) mass is 335 g/mol. The van der Waals surface area contributed by atoms with Crippen LogP contribution in [-0.4, -0.2) is 7.05 Å². The Bertz CT molecular complexity index is 581. The van der Waals surface area contributed by atoms with E-state index in [0.717, 1.165) is 5.56 Å². The Labute approximate surface area is 128 Å². The molecule has 2 aromatic rings. The minimum absolute atomic E-state index is 0.0989. The van der Waals surface area contributed by atoms with E-state index in [2.05, 4.69) is 47.2 Å². The van der Waals surface area contributed by atoms with E-state index >= 15 is 0 Å². The SMILES string of the molecule is CNC(c1ccc(F)c(Br)c1)C(C)(C)c1ccccc1. The first kappa shape index (κ1) is 15.2. The second-order valence-electron chi connectivity index (χ2n) is 5.48. The summed E-state index contributed by atoms with van der Waals surface area (Å²) in [5, 5.41) is 3.36. The maximum atomic E-state index is 13.4. The molecule has 1 nitrogen and oxygen atoms in total. The first-order valence-corrected chi connectivity index (χ1v) is 7.44. The number of halogens is 2. The molecule has 0 bridgehead atoms. The average molecular weight is 336 g/mol. The van der Waals surface area contributed by atoms with Crippen LogP contribution in [0.4, 0.5) is 4.39 Å². The van der Waals surface area contributed by atoms with Crippen LogP contribution in [0.15, 0.2) is 53.0 Å². The second-order valence-corrected chi connectivity index (χ2v) is 6.34. The van der Waals surface area contributed by atoms with Crippen LogP contribution in [0.3, 0.4) is 0 Å². The summed E-state index contributed by atoms with van der Waals surface area (Å²) < 4.78 is 13.9. The average Bonchev–Trinajstić information content (AvgIpc) is 2.44. The van der Waals surface area contributed by atoms with Gasteiger partial charge in [0, 0.05) is 11.5 Å². The third-order valence-corrected chi connectivity index (χ3v) is 4.41. The summed E-state index contributed by atoms with van der Waals surface area (Å²) in [6.45, 7) is 4.39. The normalized spacial score (nSPS) is 13.2. The number of benzene rings is 2. The highest BCUT2D eigenvalue weighted by atomic mass is 79.9. The molecule has 0 aliphatic heterocycles. The predicted octanol–water partition coefficient (Wildman–Crippen LogP) is 4.83. The fraction of sp³-hybridized carbons (Fsp3) is 0.294. The van der Waals surface area contributed by atoms with Crippen molar-refractivity contribution in [2.75, 3.05) is 7.05 Å². The fourth-order valence-corrected chi connectivity index (χ4v) is 3.07. The third-order valence-electron chi connectivity index (χ3n) is 3.81. The molecule has 0 aliphatic carbocycles. The zero-order valence-electron chi connectivity index (χ0n) is 12.0. The number of likely N-dealkylation sites (N-methyl/N-ethyl adjacent to an activating group) is 1. The fourth-order valence-electron chi connectivity index (χ4n) is 2.67. The van der Waals surface area contributed by atoms with Crippen LogP contribution in [0.2, 0.25) is 0 Å². The van der Waals surface area contributed by atoms with Crippen LogP contribution < -0.4 is 5.32 Å². The van der Waals surface area contributed by atoms with E-state index in [0.29, 0.717) is 4.47 Å². The Morgan fingerprint density at radius 1 is 1.10 bits per heavy atom. The topological polar surface area (TPSA) is 12.0 Å². The van der Waals surface area contributed by atoms with Crippen LogP contribution >= 0.6 is 15.9 Å². The van der Waals surface area contributed by atoms with Crippen LogP contribution in [0, 0.1) is 5.82 Å². The Balaban J connectivity index is 2.43. The van der Waals surface area contributed by atoms with E-state index in [1.165, 1.54) is 11.6 Å². The summed E-state index contributed by atoms with van der Waals surface area (Å²) in [6, 6.07) is 15.7. The van der Waals surface area contributed by atoms with Gasteiger partial charge in [-0.3, -0.25) is 0 Å². The lowest BCUT2D eigenvalue weighted by atomic mass is 9.75. The molecule has 0 amide bonds. The first-order chi connectivity index (χ1) is 9.46. The lowest BCUT2D eigenvalue weighted by Crippen LogP contribution is -2.35. The van der Waals surface area contributed by atoms with Gasteiger partial charge in [0.15, 0.2) is 0 Å². The van der Waals surface area contributed by atoms with Crippen molar-refractivity contribution in [1.82, 2.24) is 5.32 Å². The highest BCUT2D eigenvalue weighted by Crippen LogP contribution is 2.37. The Kier molecular flexibility index (Phi) is 4.61. The molecule has 20 heavy (non-hydrogen) atoms. The molecule has 3 heteroatoms. The first-order valence-electron chi connectivity index (χ1n) is 6.64. The van der Waals surface area contributed by atoms with E-state index in [1.807, 2.05) is 37.4 Å². The summed E-state index contributed by atoms with van der Waals surface area (Å²) in [6.07, 6.45) is 0. The van der Waals surface area contributed by atoms with Gasteiger partial charge in [-0.2, -0.15) is 0 Å². The van der Waals surface area contributed by atoms with E-state index < -0.39 is 0 Å². The van der Waals surface area contributed by atoms with Gasteiger partial charge >= 0.3 is 0 Å². The van der Waals surface area contributed by atoms with Gasteiger partial charge in [0.2, 0.25) is 0 Å². The van der Waals surface area contributed by atoms with E-state index in [4.69, 9.17) is 0 Å². The van der Waals surface area contributed by atoms with Gasteiger partial charge in [-0.15, -0.1) is 0 Å². The van der Waals surface area contributed by atoms with Gasteiger partial charge in [-0.25, -0.2) is 4.39 Å². The molecule has 106 valence electrons. The van der Waals surface area contributed by atoms with Gasteiger partial charge in [-0.05, 0) is 46.2 Å². The summed E-state index contributed by atoms with van der Waals surface area (Å²) in [5.74, 6) is -0.235. The van der Waals surface area contributed by atoms with Crippen molar-refractivity contribution in [3.05, 3.63) is 69.9 Å². The van der Waals surface area contributed by atoms with Gasteiger partial charge in [0.25, 0.3) is 0 Å². The molecule has 0 heterocycles. The lowest BCUT2D eigenvalue weighted by molar-refractivity contribution is 0.368. The molecular formula is C17H19BrFN. The molecule has 1 N–H and O–H groups in total. The van der Waals surface area contributed by atoms with Crippen LogP contribution in [0.1, 0.15) is 31.0 Å². The van der Waals surface area contributed by atoms with Gasteiger partial charge in [0.1, 0.15) is 5.82 Å². The van der Waals surface area contributed by atoms with Gasteiger partial charge in [0.05, 0.1) is 4.47 Å². The molecule has 1 atom stereocenters. The highest BCUT2D eigenvalue weighted by Gasteiger charge is 2.31. The molecule has 2 rings (SSSR count). The summed E-state index contributed by atoms with van der Waals surface area (Å²) in [5.41, 5.74) is 2.21. The molecule has 1 unspecified atom stereocenters. The maximum Gasteiger partial charge on any atom is 0.137 e. The summed E-state index contributed by atoms with van der Waals surface area (Å²) in [4.78, 5) is 0. The van der Waals surface area contributed by atoms with Gasteiger partial charge < -0.3 is 5.32 Å². The van der Waals surface area contributed by atoms with Crippen LogP contribution in [-0.2, 0) is 5.41 Å². The highest BCUT2D eigenvalue weighted by molar-refractivity contribution is 9.10. The minimum atomic E-state index is -0.235. The molecule has 0 saturated heterocycles. The standard InChI is InChI=1S/C17H19BrFN/c1-17(2,13-7-5-4-6-8-13)16(20-3)12-9-10-15(19)14(18)11-12/h4-11,16,20H,1-3H3. The number of rotatable bonds is 4. The minimum Gasteiger partial charge on any atom is -0.312 e. The second kappa shape index (κ2) is 6.06. The largest absolute Gasteiger partial charge is 0.312 e. The quantitative estimate of drug-likeness (QED) is 0.843. The molecular weight excluding hydrogens is 317 g/mol. The van der Waals surface area contributed by atoms with E-state index in [1.54, 1.807) is 0 Å². The molecule has 0 aliphatic rings. The van der Waals surface area contributed by atoms with Crippen molar-refractivity contribution < 1.29 is 4.39 Å². The smallest absolute Gasteiger partial charge is 0.137 e. The van der Waals surface area contributed by atoms with Crippen molar-refractivity contribution in [2.45, 2.75) is 25.3 Å². The van der Waals surface area contributed by atoms with Crippen LogP contribution in [0.25, 0.3) is 0 Å². The lowest BCUT2D eigenvalue weighted by Gasteiger charge is -2.35. The van der Waals surface area contributed by atoms with E-state index in [-0.39, 0.29) is 17.3 Å². The zero-order valence-corrected chi connectivity index (χ0v) is 13.5. The zero-order chi connectivity index (χ0) is 14.8. The molecule has 0 fully saturated rings. The molecule has 0 saturated carbocycles. The summed E-state index contributed by atoms with van der Waals surface area (Å²) >= 11 is 3.26. The van der Waals surface area contributed by atoms with Crippen molar-refractivity contribution in [3.63, 3.8) is 0 Å². The number of hydrogen-bond acceptors (Lipinski definition) is 1. The van der Waals surface area contributed by atoms with E-state index in [9.17, 15) is 4.39 Å². The Hall–Kier alpha value is -1.19. The van der Waals surface area contributed by atoms with Gasteiger partial charge in [-0.1, -0.05) is 50.2 Å². The molecule has 0 aromatic heterocycles. The molecule has 0 spiro atoms. The molecule has 0 radical (unpaired) electrons. The van der Waals surface area contributed by atoms with Crippen molar-refractivity contribution in [3.8, 4) is 0 Å². The van der Waals surface area contributed by atoms with Crippen molar-refractivity contribution in [1.29, 1.82) is 0 Å². The molecule has 2 aromatic carbocycles. The third kappa shape index (κ3) is 2.94. The number of hydrogen-bond donors (Lipinski definition) is 1. The van der Waals surface area contributed by atoms with Crippen LogP contribution in [0.5, 0.6) is 0 Å². The number of nitrogens with one attached hydrogen (secondary N) is 1. The predicted molar refractivity (Wildman–Crippen MR) is 85.4 cm³/mol. The summed E-state index contributed by atoms with van der Waals surface area (Å²) in [7, 11) is 1.94. The Morgan fingerprint density at radius 2 is 1.75 bits per heavy atom. The maximum absolute atomic E-state index is 13.4. The van der Waals surface area contributed by atoms with Crippen molar-refractivity contribution in [2.24, 2.45) is 0 Å².